The second-order valence-corrected chi connectivity index (χ2v) is 8.33. The van der Waals surface area contributed by atoms with E-state index in [1.165, 1.54) is 0 Å². The third-order valence-corrected chi connectivity index (χ3v) is 6.29. The van der Waals surface area contributed by atoms with E-state index in [1.807, 2.05) is 36.4 Å². The highest BCUT2D eigenvalue weighted by Crippen LogP contribution is 2.47. The normalized spacial score (nSPS) is 17.3. The minimum atomic E-state index is -0.212. The first kappa shape index (κ1) is 18.7. The van der Waals surface area contributed by atoms with Crippen LogP contribution in [-0.4, -0.2) is 23.8 Å². The van der Waals surface area contributed by atoms with Crippen molar-refractivity contribution >= 4 is 22.5 Å². The van der Waals surface area contributed by atoms with Crippen molar-refractivity contribution in [3.63, 3.8) is 0 Å². The van der Waals surface area contributed by atoms with E-state index in [9.17, 15) is 0 Å². The monoisotopic (exact) mass is 433 g/mol. The van der Waals surface area contributed by atoms with Gasteiger partial charge in [-0.2, -0.15) is 0 Å². The largest absolute Gasteiger partial charge is 0.497 e. The zero-order valence-electron chi connectivity index (χ0n) is 16.9. The summed E-state index contributed by atoms with van der Waals surface area (Å²) in [6, 6.07) is 11.8. The minimum absolute atomic E-state index is 0.212. The van der Waals surface area contributed by atoms with Gasteiger partial charge in [0.05, 0.1) is 18.3 Å². The Morgan fingerprint density at radius 2 is 2.10 bits per heavy atom. The Kier molecular flexibility index (Phi) is 4.37. The minimum Gasteiger partial charge on any atom is -0.497 e. The van der Waals surface area contributed by atoms with E-state index in [0.717, 1.165) is 75.6 Å². The van der Waals surface area contributed by atoms with Crippen molar-refractivity contribution in [2.45, 2.75) is 25.5 Å². The van der Waals surface area contributed by atoms with Gasteiger partial charge in [-0.1, -0.05) is 16.8 Å². The molecule has 1 atom stereocenters. The molecular formula is C24H20ClN3O3. The first-order valence-corrected chi connectivity index (χ1v) is 10.7. The molecule has 2 aliphatic heterocycles. The Bertz CT molecular complexity index is 1320. The van der Waals surface area contributed by atoms with Crippen molar-refractivity contribution in [2.75, 3.05) is 13.7 Å². The van der Waals surface area contributed by atoms with Crippen LogP contribution < -0.4 is 14.8 Å². The highest BCUT2D eigenvalue weighted by atomic mass is 35.5. The van der Waals surface area contributed by atoms with Crippen LogP contribution in [0.4, 0.5) is 0 Å². The van der Waals surface area contributed by atoms with Crippen LogP contribution in [0.5, 0.6) is 11.5 Å². The number of rotatable bonds is 3. The standard InChI is InChI=1S/C24H20ClN3O3/c1-29-15-2-3-17-16(4-7-27-21(17)11-15)18-10-14(25)8-13-9-22(30-23(13)18)24-19-12-26-6-5-20(19)28-31-24/h2-4,7-8,10-11,22,26H,5-6,9,12H2,1H3/t22-/m1/s1. The molecule has 0 unspecified atom stereocenters. The van der Waals surface area contributed by atoms with Crippen LogP contribution in [0.2, 0.25) is 5.02 Å². The second-order valence-electron chi connectivity index (χ2n) is 7.89. The average molecular weight is 434 g/mol. The van der Waals surface area contributed by atoms with Crippen molar-refractivity contribution in [2.24, 2.45) is 0 Å². The molecule has 6 rings (SSSR count). The topological polar surface area (TPSA) is 69.4 Å². The molecule has 1 N–H and O–H groups in total. The average Bonchev–Trinajstić information content (AvgIpc) is 3.41. The molecule has 0 bridgehead atoms. The summed E-state index contributed by atoms with van der Waals surface area (Å²) in [4.78, 5) is 4.51. The fraction of sp³-hybridized carbons (Fsp3) is 0.250. The van der Waals surface area contributed by atoms with Crippen molar-refractivity contribution in [3.8, 4) is 22.6 Å². The number of halogens is 1. The molecule has 2 aromatic heterocycles. The van der Waals surface area contributed by atoms with Gasteiger partial charge in [0.15, 0.2) is 11.9 Å². The maximum atomic E-state index is 6.53. The molecule has 0 saturated heterocycles. The fourth-order valence-electron chi connectivity index (χ4n) is 4.58. The Morgan fingerprint density at radius 3 is 3.00 bits per heavy atom. The third kappa shape index (κ3) is 3.06. The Balaban J connectivity index is 1.45. The molecule has 2 aromatic carbocycles. The Morgan fingerprint density at radius 1 is 1.16 bits per heavy atom. The summed E-state index contributed by atoms with van der Waals surface area (Å²) in [6.07, 6.45) is 3.16. The maximum absolute atomic E-state index is 6.53. The third-order valence-electron chi connectivity index (χ3n) is 6.07. The van der Waals surface area contributed by atoms with Gasteiger partial charge < -0.3 is 19.3 Å². The first-order chi connectivity index (χ1) is 15.2. The number of hydrogen-bond acceptors (Lipinski definition) is 6. The van der Waals surface area contributed by atoms with Gasteiger partial charge in [0.2, 0.25) is 0 Å². The molecule has 6 nitrogen and oxygen atoms in total. The van der Waals surface area contributed by atoms with E-state index in [-0.39, 0.29) is 6.10 Å². The van der Waals surface area contributed by atoms with Gasteiger partial charge in [0, 0.05) is 65.3 Å². The molecule has 31 heavy (non-hydrogen) atoms. The molecule has 0 aliphatic carbocycles. The summed E-state index contributed by atoms with van der Waals surface area (Å²) in [5, 5.41) is 9.37. The molecule has 156 valence electrons. The summed E-state index contributed by atoms with van der Waals surface area (Å²) in [6.45, 7) is 1.68. The van der Waals surface area contributed by atoms with Gasteiger partial charge in [0.1, 0.15) is 11.5 Å². The number of ether oxygens (including phenoxy) is 2. The van der Waals surface area contributed by atoms with E-state index in [2.05, 4.69) is 15.5 Å². The summed E-state index contributed by atoms with van der Waals surface area (Å²) in [7, 11) is 1.65. The number of pyridine rings is 1. The van der Waals surface area contributed by atoms with Gasteiger partial charge in [-0.25, -0.2) is 0 Å². The zero-order chi connectivity index (χ0) is 20.9. The highest BCUT2D eigenvalue weighted by molar-refractivity contribution is 6.31. The highest BCUT2D eigenvalue weighted by Gasteiger charge is 2.34. The van der Waals surface area contributed by atoms with E-state index in [4.69, 9.17) is 25.6 Å². The van der Waals surface area contributed by atoms with Gasteiger partial charge in [-0.05, 0) is 35.9 Å². The summed E-state index contributed by atoms with van der Waals surface area (Å²) < 4.78 is 17.6. The lowest BCUT2D eigenvalue weighted by Crippen LogP contribution is -2.24. The molecular weight excluding hydrogens is 414 g/mol. The van der Waals surface area contributed by atoms with E-state index in [1.54, 1.807) is 13.3 Å². The summed E-state index contributed by atoms with van der Waals surface area (Å²) in [5.41, 5.74) is 6.05. The SMILES string of the molecule is COc1ccc2c(-c3cc(Cl)cc4c3O[C@@H](c3onc5c3CNCC5)C4)ccnc2c1. The van der Waals surface area contributed by atoms with Crippen LogP contribution in [0, 0.1) is 0 Å². The first-order valence-electron chi connectivity index (χ1n) is 10.3. The van der Waals surface area contributed by atoms with Gasteiger partial charge >= 0.3 is 0 Å². The number of nitrogens with one attached hydrogen (secondary N) is 1. The summed E-state index contributed by atoms with van der Waals surface area (Å²) >= 11 is 6.53. The summed E-state index contributed by atoms with van der Waals surface area (Å²) in [5.74, 6) is 2.42. The predicted octanol–water partition coefficient (Wildman–Crippen LogP) is 4.87. The molecule has 4 heterocycles. The molecule has 0 radical (unpaired) electrons. The molecule has 0 amide bonds. The molecule has 7 heteroatoms. The van der Waals surface area contributed by atoms with Crippen LogP contribution >= 0.6 is 11.6 Å². The van der Waals surface area contributed by atoms with Gasteiger partial charge in [-0.3, -0.25) is 4.98 Å². The van der Waals surface area contributed by atoms with Crippen LogP contribution in [0.1, 0.15) is 28.7 Å². The Labute approximate surface area is 184 Å². The fourth-order valence-corrected chi connectivity index (χ4v) is 4.82. The Hall–Kier alpha value is -3.09. The number of methoxy groups -OCH3 is 1. The quantitative estimate of drug-likeness (QED) is 0.497. The lowest BCUT2D eigenvalue weighted by atomic mass is 9.97. The van der Waals surface area contributed by atoms with Crippen molar-refractivity contribution in [1.29, 1.82) is 0 Å². The molecule has 0 fully saturated rings. The lowest BCUT2D eigenvalue weighted by molar-refractivity contribution is 0.189. The maximum Gasteiger partial charge on any atom is 0.182 e. The molecule has 4 aromatic rings. The number of hydrogen-bond donors (Lipinski definition) is 1. The van der Waals surface area contributed by atoms with Crippen LogP contribution in [0.3, 0.4) is 0 Å². The van der Waals surface area contributed by atoms with Crippen LogP contribution in [0.15, 0.2) is 47.1 Å². The number of nitrogens with zero attached hydrogens (tertiary/aromatic N) is 2. The zero-order valence-corrected chi connectivity index (χ0v) is 17.7. The predicted molar refractivity (Wildman–Crippen MR) is 118 cm³/mol. The number of aromatic nitrogens is 2. The molecule has 0 spiro atoms. The molecule has 2 aliphatic rings. The lowest BCUT2D eigenvalue weighted by Gasteiger charge is -2.15. The number of benzene rings is 2. The van der Waals surface area contributed by atoms with Gasteiger partial charge in [-0.15, -0.1) is 0 Å². The van der Waals surface area contributed by atoms with Crippen molar-refractivity contribution in [1.82, 2.24) is 15.5 Å². The van der Waals surface area contributed by atoms with Crippen molar-refractivity contribution < 1.29 is 14.0 Å². The second kappa shape index (κ2) is 7.25. The van der Waals surface area contributed by atoms with Crippen LogP contribution in [0.25, 0.3) is 22.0 Å². The van der Waals surface area contributed by atoms with Crippen molar-refractivity contribution in [3.05, 3.63) is 70.2 Å². The van der Waals surface area contributed by atoms with Gasteiger partial charge in [0.25, 0.3) is 0 Å². The smallest absolute Gasteiger partial charge is 0.182 e. The molecule has 0 saturated carbocycles. The van der Waals surface area contributed by atoms with E-state index < -0.39 is 0 Å². The number of fused-ring (bicyclic) bond motifs is 3. The van der Waals surface area contributed by atoms with E-state index in [0.29, 0.717) is 11.4 Å². The van der Waals surface area contributed by atoms with Crippen LogP contribution in [-0.2, 0) is 19.4 Å². The van der Waals surface area contributed by atoms with E-state index >= 15 is 0 Å².